The number of hydrogen-bond donors (Lipinski definition) is 1. The van der Waals surface area contributed by atoms with E-state index in [2.05, 4.69) is 20.9 Å². The van der Waals surface area contributed by atoms with Gasteiger partial charge in [0.05, 0.1) is 12.2 Å². The van der Waals surface area contributed by atoms with Crippen LogP contribution in [-0.4, -0.2) is 40.1 Å². The molecule has 0 aromatic carbocycles. The second-order valence-electron chi connectivity index (χ2n) is 5.01. The van der Waals surface area contributed by atoms with Gasteiger partial charge < -0.3 is 10.0 Å². The Morgan fingerprint density at radius 2 is 2.15 bits per heavy atom. The van der Waals surface area contributed by atoms with Crippen molar-refractivity contribution in [2.75, 3.05) is 13.2 Å². The smallest absolute Gasteiger partial charge is 0.257 e. The van der Waals surface area contributed by atoms with Crippen LogP contribution >= 0.6 is 27.5 Å². The van der Waals surface area contributed by atoms with Crippen molar-refractivity contribution in [3.05, 3.63) is 27.5 Å². The lowest BCUT2D eigenvalue weighted by atomic mass is 9.93. The third-order valence-electron chi connectivity index (χ3n) is 3.65. The van der Waals surface area contributed by atoms with Gasteiger partial charge in [-0.2, -0.15) is 0 Å². The normalized spacial score (nSPS) is 16.1. The van der Waals surface area contributed by atoms with E-state index in [-0.39, 0.29) is 23.7 Å². The maximum Gasteiger partial charge on any atom is 0.257 e. The van der Waals surface area contributed by atoms with Gasteiger partial charge in [0.2, 0.25) is 0 Å². The third-order valence-corrected chi connectivity index (χ3v) is 4.39. The fourth-order valence-corrected chi connectivity index (χ4v) is 3.19. The standard InChI is InChI=1S/C14H18BrClN2O2/c15-10-8-12(13(16)17-9-10)14(20)18(6-7-19)11-4-2-1-3-5-11/h8-9,11,19H,1-7H2. The van der Waals surface area contributed by atoms with Gasteiger partial charge in [0.1, 0.15) is 5.15 Å². The average Bonchev–Trinajstić information content (AvgIpc) is 2.47. The predicted octanol–water partition coefficient (Wildman–Crippen LogP) is 3.26. The Labute approximate surface area is 132 Å². The Morgan fingerprint density at radius 1 is 1.45 bits per heavy atom. The minimum absolute atomic E-state index is 0.0404. The SMILES string of the molecule is O=C(c1cc(Br)cnc1Cl)N(CCO)C1CCCCC1. The minimum atomic E-state index is -0.148. The first-order valence-electron chi connectivity index (χ1n) is 6.86. The van der Waals surface area contributed by atoms with Gasteiger partial charge >= 0.3 is 0 Å². The molecule has 0 aliphatic heterocycles. The molecule has 1 N–H and O–H groups in total. The molecular formula is C14H18BrClN2O2. The molecule has 1 aromatic rings. The summed E-state index contributed by atoms with van der Waals surface area (Å²) in [5.41, 5.74) is 0.389. The molecule has 1 aliphatic carbocycles. The van der Waals surface area contributed by atoms with Gasteiger partial charge in [-0.25, -0.2) is 4.98 Å². The van der Waals surface area contributed by atoms with Crippen molar-refractivity contribution >= 4 is 33.4 Å². The summed E-state index contributed by atoms with van der Waals surface area (Å²) in [6, 6.07) is 1.88. The lowest BCUT2D eigenvalue weighted by molar-refractivity contribution is 0.0585. The number of carbonyl (C=O) groups is 1. The van der Waals surface area contributed by atoms with Gasteiger partial charge in [-0.05, 0) is 34.8 Å². The summed E-state index contributed by atoms with van der Waals surface area (Å²) in [6.07, 6.45) is 7.03. The van der Waals surface area contributed by atoms with Gasteiger partial charge in [-0.3, -0.25) is 4.79 Å². The van der Waals surface area contributed by atoms with Crippen molar-refractivity contribution in [2.24, 2.45) is 0 Å². The second-order valence-corrected chi connectivity index (χ2v) is 6.28. The van der Waals surface area contributed by atoms with Crippen molar-refractivity contribution in [1.29, 1.82) is 0 Å². The highest BCUT2D eigenvalue weighted by Gasteiger charge is 2.27. The van der Waals surface area contributed by atoms with Gasteiger partial charge in [0.15, 0.2) is 0 Å². The van der Waals surface area contributed by atoms with Crippen molar-refractivity contribution in [3.63, 3.8) is 0 Å². The van der Waals surface area contributed by atoms with Crippen LogP contribution in [0.15, 0.2) is 16.7 Å². The molecule has 20 heavy (non-hydrogen) atoms. The number of rotatable bonds is 4. The zero-order valence-electron chi connectivity index (χ0n) is 11.2. The number of aliphatic hydroxyl groups excluding tert-OH is 1. The van der Waals surface area contributed by atoms with Crippen molar-refractivity contribution in [3.8, 4) is 0 Å². The molecular weight excluding hydrogens is 344 g/mol. The quantitative estimate of drug-likeness (QED) is 0.838. The van der Waals surface area contributed by atoms with E-state index in [9.17, 15) is 9.90 Å². The van der Waals surface area contributed by atoms with Crippen molar-refractivity contribution in [1.82, 2.24) is 9.88 Å². The summed E-state index contributed by atoms with van der Waals surface area (Å²) in [5.74, 6) is -0.148. The molecule has 1 saturated carbocycles. The Balaban J connectivity index is 2.23. The van der Waals surface area contributed by atoms with E-state index >= 15 is 0 Å². The Kier molecular flexibility index (Phi) is 5.81. The molecule has 0 atom stereocenters. The molecule has 0 radical (unpaired) electrons. The zero-order valence-corrected chi connectivity index (χ0v) is 13.5. The van der Waals surface area contributed by atoms with Crippen LogP contribution in [0.25, 0.3) is 0 Å². The highest BCUT2D eigenvalue weighted by Crippen LogP contribution is 2.26. The summed E-state index contributed by atoms with van der Waals surface area (Å²) in [5, 5.41) is 9.44. The molecule has 110 valence electrons. The van der Waals surface area contributed by atoms with Crippen LogP contribution in [-0.2, 0) is 0 Å². The van der Waals surface area contributed by atoms with E-state index < -0.39 is 0 Å². The molecule has 1 amide bonds. The van der Waals surface area contributed by atoms with Crippen LogP contribution in [0.1, 0.15) is 42.5 Å². The fourth-order valence-electron chi connectivity index (χ4n) is 2.68. The molecule has 1 aliphatic rings. The molecule has 0 saturated heterocycles. The van der Waals surface area contributed by atoms with E-state index in [1.807, 2.05) is 0 Å². The van der Waals surface area contributed by atoms with Crippen LogP contribution in [0.4, 0.5) is 0 Å². The molecule has 1 aromatic heterocycles. The summed E-state index contributed by atoms with van der Waals surface area (Å²) in [7, 11) is 0. The predicted molar refractivity (Wildman–Crippen MR) is 81.9 cm³/mol. The number of hydrogen-bond acceptors (Lipinski definition) is 3. The number of carbonyl (C=O) groups excluding carboxylic acids is 1. The molecule has 1 fully saturated rings. The lowest BCUT2D eigenvalue weighted by Gasteiger charge is -2.34. The van der Waals surface area contributed by atoms with Gasteiger partial charge in [-0.1, -0.05) is 30.9 Å². The molecule has 1 heterocycles. The highest BCUT2D eigenvalue weighted by molar-refractivity contribution is 9.10. The van der Waals surface area contributed by atoms with Crippen LogP contribution in [0, 0.1) is 0 Å². The number of nitrogens with zero attached hydrogens (tertiary/aromatic N) is 2. The van der Waals surface area contributed by atoms with Gasteiger partial charge in [0, 0.05) is 23.3 Å². The zero-order chi connectivity index (χ0) is 14.5. The number of pyridine rings is 1. The van der Waals surface area contributed by atoms with Crippen molar-refractivity contribution < 1.29 is 9.90 Å². The van der Waals surface area contributed by atoms with E-state index in [0.29, 0.717) is 12.1 Å². The van der Waals surface area contributed by atoms with Crippen LogP contribution in [0.5, 0.6) is 0 Å². The molecule has 0 spiro atoms. The number of amides is 1. The number of halogens is 2. The number of aliphatic hydroxyl groups is 1. The first-order chi connectivity index (χ1) is 9.63. The second kappa shape index (κ2) is 7.38. The van der Waals surface area contributed by atoms with E-state index in [0.717, 1.165) is 30.2 Å². The largest absolute Gasteiger partial charge is 0.395 e. The van der Waals surface area contributed by atoms with Crippen molar-refractivity contribution in [2.45, 2.75) is 38.1 Å². The summed E-state index contributed by atoms with van der Waals surface area (Å²) in [4.78, 5) is 18.4. The van der Waals surface area contributed by atoms with E-state index in [1.165, 1.54) is 6.42 Å². The summed E-state index contributed by atoms with van der Waals surface area (Å²) in [6.45, 7) is 0.299. The minimum Gasteiger partial charge on any atom is -0.395 e. The Morgan fingerprint density at radius 3 is 2.80 bits per heavy atom. The lowest BCUT2D eigenvalue weighted by Crippen LogP contribution is -2.43. The molecule has 0 bridgehead atoms. The Bertz CT molecular complexity index is 478. The topological polar surface area (TPSA) is 53.4 Å². The fraction of sp³-hybridized carbons (Fsp3) is 0.571. The molecule has 4 nitrogen and oxygen atoms in total. The average molecular weight is 362 g/mol. The van der Waals surface area contributed by atoms with Crippen LogP contribution in [0.2, 0.25) is 5.15 Å². The third kappa shape index (κ3) is 3.71. The molecule has 6 heteroatoms. The summed E-state index contributed by atoms with van der Waals surface area (Å²) < 4.78 is 0.720. The van der Waals surface area contributed by atoms with Gasteiger partial charge in [0.25, 0.3) is 5.91 Å². The number of aromatic nitrogens is 1. The van der Waals surface area contributed by atoms with Crippen LogP contribution in [0.3, 0.4) is 0 Å². The first-order valence-corrected chi connectivity index (χ1v) is 8.03. The maximum atomic E-state index is 12.7. The van der Waals surface area contributed by atoms with E-state index in [4.69, 9.17) is 11.6 Å². The first kappa shape index (κ1) is 15.7. The summed E-state index contributed by atoms with van der Waals surface area (Å²) >= 11 is 9.34. The van der Waals surface area contributed by atoms with Crippen LogP contribution < -0.4 is 0 Å². The highest BCUT2D eigenvalue weighted by atomic mass is 79.9. The Hall–Kier alpha value is -0.650. The maximum absolute atomic E-state index is 12.7. The van der Waals surface area contributed by atoms with Gasteiger partial charge in [-0.15, -0.1) is 0 Å². The molecule has 0 unspecified atom stereocenters. The monoisotopic (exact) mass is 360 g/mol. The molecule has 2 rings (SSSR count). The van der Waals surface area contributed by atoms with E-state index in [1.54, 1.807) is 17.2 Å².